The Morgan fingerprint density at radius 3 is 2.45 bits per heavy atom. The molecule has 0 saturated heterocycles. The second kappa shape index (κ2) is 8.26. The molecular formula is C23H28N2O5S. The lowest BCUT2D eigenvalue weighted by molar-refractivity contribution is -0.127. The lowest BCUT2D eigenvalue weighted by Crippen LogP contribution is -2.42. The molecule has 2 aromatic carbocycles. The molecule has 0 unspecified atom stereocenters. The number of ether oxygens (including phenoxy) is 2. The van der Waals surface area contributed by atoms with Gasteiger partial charge in [0.15, 0.2) is 0 Å². The summed E-state index contributed by atoms with van der Waals surface area (Å²) in [5.74, 6) is 1.05. The number of amides is 1. The van der Waals surface area contributed by atoms with Gasteiger partial charge in [0, 0.05) is 6.54 Å². The molecule has 3 rings (SSSR count). The van der Waals surface area contributed by atoms with Crippen LogP contribution in [0.1, 0.15) is 25.0 Å². The molecule has 0 saturated carbocycles. The summed E-state index contributed by atoms with van der Waals surface area (Å²) >= 11 is 0. The van der Waals surface area contributed by atoms with Crippen molar-refractivity contribution in [2.24, 2.45) is 5.41 Å². The Balaban J connectivity index is 2.00. The van der Waals surface area contributed by atoms with Gasteiger partial charge in [0.2, 0.25) is 5.91 Å². The summed E-state index contributed by atoms with van der Waals surface area (Å²) in [4.78, 5) is 14.7. The van der Waals surface area contributed by atoms with E-state index in [1.165, 1.54) is 0 Å². The van der Waals surface area contributed by atoms with Crippen molar-refractivity contribution in [2.45, 2.75) is 32.6 Å². The van der Waals surface area contributed by atoms with Crippen molar-refractivity contribution in [3.63, 3.8) is 0 Å². The summed E-state index contributed by atoms with van der Waals surface area (Å²) in [6, 6.07) is 8.03. The number of benzene rings is 2. The molecule has 0 atom stereocenters. The minimum atomic E-state index is -3.86. The number of fused-ring (bicyclic) bond motifs is 1. The predicted molar refractivity (Wildman–Crippen MR) is 122 cm³/mol. The van der Waals surface area contributed by atoms with Gasteiger partial charge in [0.1, 0.15) is 18.1 Å². The molecule has 166 valence electrons. The van der Waals surface area contributed by atoms with Crippen LogP contribution in [-0.4, -0.2) is 34.6 Å². The molecule has 1 N–H and O–H groups in total. The molecule has 2 aromatic rings. The third-order valence-corrected chi connectivity index (χ3v) is 6.54. The lowest BCUT2D eigenvalue weighted by Gasteiger charge is -2.27. The molecule has 1 aliphatic heterocycles. The highest BCUT2D eigenvalue weighted by Gasteiger charge is 2.37. The van der Waals surface area contributed by atoms with Crippen LogP contribution in [0.4, 0.5) is 11.4 Å². The van der Waals surface area contributed by atoms with Crippen LogP contribution in [0.2, 0.25) is 0 Å². The highest BCUT2D eigenvalue weighted by molar-refractivity contribution is 7.92. The second-order valence-electron chi connectivity index (χ2n) is 8.26. The van der Waals surface area contributed by atoms with Crippen LogP contribution in [0.15, 0.2) is 47.9 Å². The Hall–Kier alpha value is -3.00. The predicted octanol–water partition coefficient (Wildman–Crippen LogP) is 4.05. The summed E-state index contributed by atoms with van der Waals surface area (Å²) in [5.41, 5.74) is 1.55. The van der Waals surface area contributed by atoms with Gasteiger partial charge in [-0.2, -0.15) is 0 Å². The van der Waals surface area contributed by atoms with Crippen molar-refractivity contribution >= 4 is 27.3 Å². The van der Waals surface area contributed by atoms with Crippen LogP contribution in [0.3, 0.4) is 0 Å². The normalized spacial score (nSPS) is 15.5. The zero-order chi connectivity index (χ0) is 23.0. The summed E-state index contributed by atoms with van der Waals surface area (Å²) < 4.78 is 39.9. The minimum Gasteiger partial charge on any atom is -0.496 e. The van der Waals surface area contributed by atoms with Crippen LogP contribution in [0, 0.1) is 19.3 Å². The van der Waals surface area contributed by atoms with E-state index >= 15 is 0 Å². The number of anilines is 2. The minimum absolute atomic E-state index is 0.118. The maximum atomic E-state index is 13.0. The van der Waals surface area contributed by atoms with Gasteiger partial charge >= 0.3 is 0 Å². The van der Waals surface area contributed by atoms with Crippen LogP contribution < -0.4 is 19.1 Å². The zero-order valence-electron chi connectivity index (χ0n) is 18.5. The van der Waals surface area contributed by atoms with E-state index < -0.39 is 15.4 Å². The van der Waals surface area contributed by atoms with E-state index in [-0.39, 0.29) is 24.0 Å². The average Bonchev–Trinajstić information content (AvgIpc) is 2.78. The van der Waals surface area contributed by atoms with Crippen LogP contribution in [0.5, 0.6) is 11.5 Å². The van der Waals surface area contributed by atoms with Crippen LogP contribution in [0.25, 0.3) is 0 Å². The summed E-state index contributed by atoms with van der Waals surface area (Å²) in [6.07, 6.45) is 1.63. The van der Waals surface area contributed by atoms with Crippen molar-refractivity contribution in [1.29, 1.82) is 0 Å². The van der Waals surface area contributed by atoms with Gasteiger partial charge in [0.25, 0.3) is 10.0 Å². The first-order chi connectivity index (χ1) is 14.5. The third-order valence-electron chi connectivity index (χ3n) is 5.17. The number of carbonyl (C=O) groups is 1. The van der Waals surface area contributed by atoms with Gasteiger partial charge in [-0.05, 0) is 69.2 Å². The van der Waals surface area contributed by atoms with Crippen molar-refractivity contribution in [3.8, 4) is 11.5 Å². The largest absolute Gasteiger partial charge is 0.496 e. The van der Waals surface area contributed by atoms with E-state index in [1.807, 2.05) is 13.8 Å². The Kier molecular flexibility index (Phi) is 6.04. The van der Waals surface area contributed by atoms with Gasteiger partial charge < -0.3 is 14.4 Å². The smallest absolute Gasteiger partial charge is 0.261 e. The Morgan fingerprint density at radius 1 is 1.23 bits per heavy atom. The van der Waals surface area contributed by atoms with E-state index in [9.17, 15) is 13.2 Å². The maximum absolute atomic E-state index is 13.0. The number of rotatable bonds is 6. The second-order valence-corrected chi connectivity index (χ2v) is 9.94. The van der Waals surface area contributed by atoms with Gasteiger partial charge in [-0.1, -0.05) is 6.08 Å². The van der Waals surface area contributed by atoms with E-state index in [0.717, 1.165) is 11.1 Å². The van der Waals surface area contributed by atoms with E-state index in [0.29, 0.717) is 22.9 Å². The molecule has 31 heavy (non-hydrogen) atoms. The van der Waals surface area contributed by atoms with Gasteiger partial charge in [-0.25, -0.2) is 8.42 Å². The van der Waals surface area contributed by atoms with Crippen molar-refractivity contribution in [3.05, 3.63) is 54.1 Å². The summed E-state index contributed by atoms with van der Waals surface area (Å²) in [7, 11) is -2.30. The van der Waals surface area contributed by atoms with Gasteiger partial charge in [-0.15, -0.1) is 6.58 Å². The first kappa shape index (κ1) is 22.7. The molecule has 8 heteroatoms. The van der Waals surface area contributed by atoms with E-state index in [2.05, 4.69) is 11.3 Å². The number of sulfonamides is 1. The van der Waals surface area contributed by atoms with Crippen molar-refractivity contribution in [1.82, 2.24) is 0 Å². The molecule has 1 heterocycles. The first-order valence-corrected chi connectivity index (χ1v) is 11.4. The quantitative estimate of drug-likeness (QED) is 0.680. The maximum Gasteiger partial charge on any atom is 0.261 e. The molecular weight excluding hydrogens is 416 g/mol. The molecule has 0 spiro atoms. The van der Waals surface area contributed by atoms with Crippen LogP contribution in [-0.2, 0) is 14.8 Å². The molecule has 0 radical (unpaired) electrons. The molecule has 7 nitrogen and oxygen atoms in total. The Bertz CT molecular complexity index is 1120. The molecule has 1 aliphatic rings. The average molecular weight is 445 g/mol. The Morgan fingerprint density at radius 2 is 1.87 bits per heavy atom. The molecule has 0 bridgehead atoms. The number of nitrogens with one attached hydrogen (secondary N) is 1. The number of methoxy groups -OCH3 is 1. The lowest BCUT2D eigenvalue weighted by atomic mass is 9.93. The summed E-state index contributed by atoms with van der Waals surface area (Å²) in [6.45, 7) is 11.5. The van der Waals surface area contributed by atoms with Crippen molar-refractivity contribution < 1.29 is 22.7 Å². The first-order valence-electron chi connectivity index (χ1n) is 9.88. The Labute approximate surface area is 183 Å². The fourth-order valence-electron chi connectivity index (χ4n) is 3.62. The number of nitrogens with zero attached hydrogens (tertiary/aromatic N) is 1. The fraction of sp³-hybridized carbons (Fsp3) is 0.348. The number of carbonyl (C=O) groups excluding carboxylic acids is 1. The SMILES string of the molecule is C=CCN1C(=O)C(C)(C)COc2ccc(NS(=O)(=O)c3cc(C)c(OC)c(C)c3)cc21. The highest BCUT2D eigenvalue weighted by atomic mass is 32.2. The monoisotopic (exact) mass is 444 g/mol. The fourth-order valence-corrected chi connectivity index (χ4v) is 4.84. The van der Waals surface area contributed by atoms with Crippen molar-refractivity contribution in [2.75, 3.05) is 29.9 Å². The van der Waals surface area contributed by atoms with Gasteiger partial charge in [0.05, 0.1) is 28.8 Å². The third kappa shape index (κ3) is 4.39. The molecule has 0 aromatic heterocycles. The number of hydrogen-bond acceptors (Lipinski definition) is 5. The molecule has 0 fully saturated rings. The van der Waals surface area contributed by atoms with E-state index in [1.54, 1.807) is 62.3 Å². The van der Waals surface area contributed by atoms with E-state index in [4.69, 9.17) is 9.47 Å². The highest BCUT2D eigenvalue weighted by Crippen LogP contribution is 2.38. The zero-order valence-corrected chi connectivity index (χ0v) is 19.3. The summed E-state index contributed by atoms with van der Waals surface area (Å²) in [5, 5.41) is 0. The topological polar surface area (TPSA) is 84.9 Å². The molecule has 0 aliphatic carbocycles. The molecule has 1 amide bonds. The van der Waals surface area contributed by atoms with Crippen LogP contribution >= 0.6 is 0 Å². The van der Waals surface area contributed by atoms with Gasteiger partial charge in [-0.3, -0.25) is 9.52 Å². The standard InChI is InChI=1S/C23H28N2O5S/c1-7-10-25-19-13-17(8-9-20(19)30-14-23(4,5)22(25)26)24-31(27,28)18-11-15(2)21(29-6)16(3)12-18/h7-9,11-13,24H,1,10,14H2,2-6H3. The number of hydrogen-bond donors (Lipinski definition) is 1. The number of aryl methyl sites for hydroxylation is 2.